The number of rotatable bonds is 3. The van der Waals surface area contributed by atoms with Crippen LogP contribution in [0.15, 0.2) is 55.9 Å². The van der Waals surface area contributed by atoms with Gasteiger partial charge in [-0.15, -0.1) is 12.4 Å². The summed E-state index contributed by atoms with van der Waals surface area (Å²) in [7, 11) is 0. The fourth-order valence-corrected chi connectivity index (χ4v) is 0.885. The Balaban J connectivity index is 0.00000121. The summed E-state index contributed by atoms with van der Waals surface area (Å²) in [6.45, 7) is 7.33. The Labute approximate surface area is 79.4 Å². The first-order valence-corrected chi connectivity index (χ1v) is 3.47. The standard InChI is InChI=1S/C10H11N.ClH/c1-3-11(4-2)10-8-6-5-7-9-10;/h3-9H,1-2H2;1H. The third kappa shape index (κ3) is 2.44. The zero-order valence-electron chi connectivity index (χ0n) is 6.81. The molecule has 64 valence electrons. The van der Waals surface area contributed by atoms with Crippen LogP contribution in [0.25, 0.3) is 0 Å². The monoisotopic (exact) mass is 181 g/mol. The highest BCUT2D eigenvalue weighted by Gasteiger charge is 1.93. The van der Waals surface area contributed by atoms with E-state index in [9.17, 15) is 0 Å². The van der Waals surface area contributed by atoms with Crippen LogP contribution in [-0.4, -0.2) is 0 Å². The van der Waals surface area contributed by atoms with Crippen LogP contribution in [0.3, 0.4) is 0 Å². The van der Waals surface area contributed by atoms with Crippen molar-refractivity contribution >= 4 is 18.1 Å². The van der Waals surface area contributed by atoms with Crippen LogP contribution in [0, 0.1) is 0 Å². The predicted octanol–water partition coefficient (Wildman–Crippen LogP) is 3.20. The van der Waals surface area contributed by atoms with E-state index in [0.717, 1.165) is 5.69 Å². The molecule has 0 fully saturated rings. The topological polar surface area (TPSA) is 3.24 Å². The molecular weight excluding hydrogens is 170 g/mol. The van der Waals surface area contributed by atoms with Gasteiger partial charge in [0.2, 0.25) is 0 Å². The Morgan fingerprint density at radius 2 is 1.50 bits per heavy atom. The van der Waals surface area contributed by atoms with Gasteiger partial charge in [0.25, 0.3) is 0 Å². The number of hydrogen-bond donors (Lipinski definition) is 0. The molecule has 12 heavy (non-hydrogen) atoms. The maximum absolute atomic E-state index is 3.66. The lowest BCUT2D eigenvalue weighted by molar-refractivity contribution is 1.30. The largest absolute Gasteiger partial charge is 0.325 e. The molecule has 0 aromatic heterocycles. The van der Waals surface area contributed by atoms with Crippen molar-refractivity contribution in [2.24, 2.45) is 0 Å². The minimum atomic E-state index is 0. The lowest BCUT2D eigenvalue weighted by atomic mass is 10.3. The lowest BCUT2D eigenvalue weighted by Crippen LogP contribution is -2.04. The molecule has 0 saturated carbocycles. The molecule has 0 aliphatic carbocycles. The van der Waals surface area contributed by atoms with Crippen molar-refractivity contribution in [3.63, 3.8) is 0 Å². The zero-order chi connectivity index (χ0) is 8.10. The smallest absolute Gasteiger partial charge is 0.0448 e. The van der Waals surface area contributed by atoms with Crippen molar-refractivity contribution in [1.29, 1.82) is 0 Å². The summed E-state index contributed by atoms with van der Waals surface area (Å²) >= 11 is 0. The van der Waals surface area contributed by atoms with E-state index in [1.165, 1.54) is 0 Å². The Kier molecular flexibility index (Phi) is 4.89. The summed E-state index contributed by atoms with van der Waals surface area (Å²) in [6.07, 6.45) is 3.45. The highest BCUT2D eigenvalue weighted by atomic mass is 35.5. The number of nitrogens with zero attached hydrogens (tertiary/aromatic N) is 1. The first-order chi connectivity index (χ1) is 5.38. The zero-order valence-corrected chi connectivity index (χ0v) is 7.63. The van der Waals surface area contributed by atoms with Gasteiger partial charge in [0.15, 0.2) is 0 Å². The lowest BCUT2D eigenvalue weighted by Gasteiger charge is -2.13. The van der Waals surface area contributed by atoms with Gasteiger partial charge in [-0.1, -0.05) is 31.4 Å². The first-order valence-electron chi connectivity index (χ1n) is 3.47. The van der Waals surface area contributed by atoms with Crippen LogP contribution in [0.4, 0.5) is 5.69 Å². The molecule has 0 N–H and O–H groups in total. The van der Waals surface area contributed by atoms with Gasteiger partial charge in [-0.3, -0.25) is 0 Å². The van der Waals surface area contributed by atoms with Crippen molar-refractivity contribution < 1.29 is 0 Å². The van der Waals surface area contributed by atoms with Crippen molar-refractivity contribution in [2.45, 2.75) is 0 Å². The maximum Gasteiger partial charge on any atom is 0.0448 e. The molecule has 1 aromatic carbocycles. The van der Waals surface area contributed by atoms with Crippen LogP contribution in [-0.2, 0) is 0 Å². The first kappa shape index (κ1) is 10.8. The van der Waals surface area contributed by atoms with Crippen molar-refractivity contribution in [2.75, 3.05) is 4.90 Å². The summed E-state index contributed by atoms with van der Waals surface area (Å²) in [4.78, 5) is 1.86. The molecule has 0 spiro atoms. The molecule has 0 bridgehead atoms. The molecule has 1 rings (SSSR count). The van der Waals surface area contributed by atoms with E-state index >= 15 is 0 Å². The van der Waals surface area contributed by atoms with Crippen LogP contribution < -0.4 is 4.90 Å². The van der Waals surface area contributed by atoms with E-state index in [0.29, 0.717) is 0 Å². The van der Waals surface area contributed by atoms with Crippen LogP contribution in [0.2, 0.25) is 0 Å². The molecular formula is C10H12ClN. The minimum Gasteiger partial charge on any atom is -0.325 e. The Morgan fingerprint density at radius 1 is 1.00 bits per heavy atom. The maximum atomic E-state index is 3.66. The Hall–Kier alpha value is -1.21. The summed E-state index contributed by atoms with van der Waals surface area (Å²) in [5.41, 5.74) is 1.08. The van der Waals surface area contributed by atoms with Crippen LogP contribution in [0.1, 0.15) is 0 Å². The second kappa shape index (κ2) is 5.44. The molecule has 1 nitrogen and oxygen atoms in total. The minimum absolute atomic E-state index is 0. The van der Waals surface area contributed by atoms with E-state index in [1.807, 2.05) is 35.2 Å². The molecule has 0 amide bonds. The number of hydrogen-bond acceptors (Lipinski definition) is 1. The van der Waals surface area contributed by atoms with E-state index in [2.05, 4.69) is 13.2 Å². The normalized spacial score (nSPS) is 8.00. The van der Waals surface area contributed by atoms with E-state index in [1.54, 1.807) is 12.4 Å². The van der Waals surface area contributed by atoms with Gasteiger partial charge >= 0.3 is 0 Å². The highest BCUT2D eigenvalue weighted by Crippen LogP contribution is 2.12. The van der Waals surface area contributed by atoms with E-state index < -0.39 is 0 Å². The van der Waals surface area contributed by atoms with Gasteiger partial charge in [0, 0.05) is 18.1 Å². The SMILES string of the molecule is C=CN(C=C)c1ccccc1.Cl. The summed E-state index contributed by atoms with van der Waals surface area (Å²) < 4.78 is 0. The van der Waals surface area contributed by atoms with Gasteiger partial charge in [0.05, 0.1) is 0 Å². The Morgan fingerprint density at radius 3 is 1.92 bits per heavy atom. The molecule has 0 unspecified atom stereocenters. The Bertz CT molecular complexity index is 235. The van der Waals surface area contributed by atoms with Crippen LogP contribution >= 0.6 is 12.4 Å². The third-order valence-electron chi connectivity index (χ3n) is 1.45. The quantitative estimate of drug-likeness (QED) is 0.692. The highest BCUT2D eigenvalue weighted by molar-refractivity contribution is 5.85. The van der Waals surface area contributed by atoms with E-state index in [4.69, 9.17) is 0 Å². The molecule has 0 atom stereocenters. The van der Waals surface area contributed by atoms with Gasteiger partial charge < -0.3 is 4.90 Å². The molecule has 0 aliphatic heterocycles. The molecule has 0 saturated heterocycles. The van der Waals surface area contributed by atoms with Crippen LogP contribution in [0.5, 0.6) is 0 Å². The number of halogens is 1. The van der Waals surface area contributed by atoms with Gasteiger partial charge in [-0.2, -0.15) is 0 Å². The summed E-state index contributed by atoms with van der Waals surface area (Å²) in [6, 6.07) is 9.95. The summed E-state index contributed by atoms with van der Waals surface area (Å²) in [5.74, 6) is 0. The molecule has 1 aromatic rings. The second-order valence-corrected chi connectivity index (χ2v) is 2.11. The van der Waals surface area contributed by atoms with Crippen molar-refractivity contribution in [1.82, 2.24) is 0 Å². The summed E-state index contributed by atoms with van der Waals surface area (Å²) in [5, 5.41) is 0. The van der Waals surface area contributed by atoms with Gasteiger partial charge in [0.1, 0.15) is 0 Å². The van der Waals surface area contributed by atoms with Gasteiger partial charge in [-0.25, -0.2) is 0 Å². The molecule has 0 heterocycles. The van der Waals surface area contributed by atoms with Gasteiger partial charge in [-0.05, 0) is 12.1 Å². The average molecular weight is 182 g/mol. The second-order valence-electron chi connectivity index (χ2n) is 2.11. The molecule has 0 aliphatic rings. The number of benzene rings is 1. The fraction of sp³-hybridized carbons (Fsp3) is 0. The molecule has 0 radical (unpaired) electrons. The third-order valence-corrected chi connectivity index (χ3v) is 1.45. The average Bonchev–Trinajstić information content (AvgIpc) is 2.09. The number of para-hydroxylation sites is 1. The number of anilines is 1. The van der Waals surface area contributed by atoms with Crippen molar-refractivity contribution in [3.8, 4) is 0 Å². The fourth-order valence-electron chi connectivity index (χ4n) is 0.885. The van der Waals surface area contributed by atoms with Crippen molar-refractivity contribution in [3.05, 3.63) is 55.9 Å². The molecule has 2 heteroatoms. The predicted molar refractivity (Wildman–Crippen MR) is 56.6 cm³/mol. The van der Waals surface area contributed by atoms with E-state index in [-0.39, 0.29) is 12.4 Å².